The molecule has 0 saturated heterocycles. The zero-order chi connectivity index (χ0) is 28.4. The number of carbonyl (C=O) groups excluding carboxylic acids is 2. The van der Waals surface area contributed by atoms with Gasteiger partial charge >= 0.3 is 0 Å². The molecule has 1 heterocycles. The van der Waals surface area contributed by atoms with Gasteiger partial charge in [0.25, 0.3) is 0 Å². The molecule has 1 aromatic heterocycles. The molecule has 0 bridgehead atoms. The number of hydrogen-bond acceptors (Lipinski definition) is 5. The van der Waals surface area contributed by atoms with Gasteiger partial charge in [-0.1, -0.05) is 18.2 Å². The van der Waals surface area contributed by atoms with Crippen molar-refractivity contribution >= 4 is 33.8 Å². The van der Waals surface area contributed by atoms with Gasteiger partial charge < -0.3 is 9.80 Å². The Labute approximate surface area is 233 Å². The van der Waals surface area contributed by atoms with Crippen molar-refractivity contribution in [3.8, 4) is 5.69 Å². The Bertz CT molecular complexity index is 1690. The second kappa shape index (κ2) is 11.1. The van der Waals surface area contributed by atoms with Crippen molar-refractivity contribution in [1.82, 2.24) is 9.78 Å². The van der Waals surface area contributed by atoms with Crippen LogP contribution in [0.5, 0.6) is 0 Å². The van der Waals surface area contributed by atoms with Crippen LogP contribution in [0.2, 0.25) is 0 Å². The lowest BCUT2D eigenvalue weighted by Gasteiger charge is -2.13. The van der Waals surface area contributed by atoms with E-state index in [2.05, 4.69) is 5.10 Å². The average molecular weight is 535 g/mol. The predicted octanol–water partition coefficient (Wildman–Crippen LogP) is 6.15. The molecule has 0 amide bonds. The first kappa shape index (κ1) is 26.8. The number of rotatable bonds is 9. The Kier molecular flexibility index (Phi) is 7.47. The molecular formula is C33H31FN4O2. The summed E-state index contributed by atoms with van der Waals surface area (Å²) in [7, 11) is 7.59. The Morgan fingerprint density at radius 1 is 0.725 bits per heavy atom. The third-order valence-electron chi connectivity index (χ3n) is 7.02. The van der Waals surface area contributed by atoms with Gasteiger partial charge in [0.15, 0.2) is 11.6 Å². The maximum atomic E-state index is 14.5. The standard InChI is InChI=1S/C33H31FN4O2/c1-36(2)26-12-8-24(9-13-26)32(39)19-23-7-16-31-25(17-23)21-35-38(31)27-10-5-22(6-11-27)18-33(40)29-15-14-28(37(3)4)20-30(29)34/h5-17,20-21H,18-19H2,1-4H3. The predicted molar refractivity (Wildman–Crippen MR) is 159 cm³/mol. The van der Waals surface area contributed by atoms with Crippen LogP contribution in [0.1, 0.15) is 31.8 Å². The SMILES string of the molecule is CN(C)c1ccc(C(=O)Cc2ccc3c(cnn3-c3ccc(CC(=O)c4ccc(N(C)C)cc4F)cc3)c2)cc1. The van der Waals surface area contributed by atoms with E-state index < -0.39 is 5.82 Å². The van der Waals surface area contributed by atoms with Crippen LogP contribution in [0.4, 0.5) is 15.8 Å². The number of benzene rings is 4. The normalized spacial score (nSPS) is 11.0. The fourth-order valence-electron chi connectivity index (χ4n) is 4.67. The van der Waals surface area contributed by atoms with Crippen LogP contribution in [0.15, 0.2) is 91.1 Å². The number of aromatic nitrogens is 2. The highest BCUT2D eigenvalue weighted by Gasteiger charge is 2.15. The molecule has 0 N–H and O–H groups in total. The van der Waals surface area contributed by atoms with Gasteiger partial charge in [-0.25, -0.2) is 9.07 Å². The highest BCUT2D eigenvalue weighted by Crippen LogP contribution is 2.23. The first-order valence-electron chi connectivity index (χ1n) is 13.1. The molecule has 202 valence electrons. The molecule has 0 spiro atoms. The summed E-state index contributed by atoms with van der Waals surface area (Å²) in [6.45, 7) is 0. The number of fused-ring (bicyclic) bond motifs is 1. The number of ketones is 2. The molecule has 0 aliphatic rings. The van der Waals surface area contributed by atoms with Crippen LogP contribution in [0.25, 0.3) is 16.6 Å². The summed E-state index contributed by atoms with van der Waals surface area (Å²) in [5.74, 6) is -0.717. The summed E-state index contributed by atoms with van der Waals surface area (Å²) in [6, 6.07) is 25.7. The lowest BCUT2D eigenvalue weighted by atomic mass is 10.0. The molecule has 0 unspecified atom stereocenters. The molecule has 0 fully saturated rings. The van der Waals surface area contributed by atoms with Crippen molar-refractivity contribution in [2.24, 2.45) is 0 Å². The van der Waals surface area contributed by atoms with E-state index in [0.717, 1.165) is 33.4 Å². The monoisotopic (exact) mass is 534 g/mol. The topological polar surface area (TPSA) is 58.4 Å². The number of anilines is 2. The van der Waals surface area contributed by atoms with Crippen LogP contribution in [0, 0.1) is 5.82 Å². The van der Waals surface area contributed by atoms with E-state index in [1.165, 1.54) is 6.07 Å². The van der Waals surface area contributed by atoms with E-state index in [4.69, 9.17) is 0 Å². The fourth-order valence-corrected chi connectivity index (χ4v) is 4.67. The maximum absolute atomic E-state index is 14.5. The zero-order valence-electron chi connectivity index (χ0n) is 23.1. The summed E-state index contributed by atoms with van der Waals surface area (Å²) in [4.78, 5) is 29.4. The minimum atomic E-state index is -0.515. The molecule has 5 rings (SSSR count). The number of halogens is 1. The third kappa shape index (κ3) is 5.64. The smallest absolute Gasteiger partial charge is 0.170 e. The summed E-state index contributed by atoms with van der Waals surface area (Å²) < 4.78 is 16.3. The zero-order valence-corrected chi connectivity index (χ0v) is 23.1. The Balaban J connectivity index is 1.28. The molecule has 4 aromatic carbocycles. The van der Waals surface area contributed by atoms with Crippen molar-refractivity contribution in [3.63, 3.8) is 0 Å². The third-order valence-corrected chi connectivity index (χ3v) is 7.02. The van der Waals surface area contributed by atoms with Crippen LogP contribution >= 0.6 is 0 Å². The minimum absolute atomic E-state index is 0.0655. The Hall–Kier alpha value is -4.78. The summed E-state index contributed by atoms with van der Waals surface area (Å²) >= 11 is 0. The van der Waals surface area contributed by atoms with E-state index in [1.807, 2.05) is 105 Å². The van der Waals surface area contributed by atoms with Gasteiger partial charge in [0.2, 0.25) is 0 Å². The highest BCUT2D eigenvalue weighted by molar-refractivity contribution is 5.99. The molecular weight excluding hydrogens is 503 g/mol. The van der Waals surface area contributed by atoms with E-state index in [0.29, 0.717) is 17.7 Å². The van der Waals surface area contributed by atoms with Gasteiger partial charge in [-0.3, -0.25) is 9.59 Å². The molecule has 0 saturated carbocycles. The van der Waals surface area contributed by atoms with Crippen molar-refractivity contribution in [2.75, 3.05) is 38.0 Å². The van der Waals surface area contributed by atoms with E-state index in [1.54, 1.807) is 23.2 Å². The lowest BCUT2D eigenvalue weighted by molar-refractivity contribution is 0.0982. The minimum Gasteiger partial charge on any atom is -0.378 e. The maximum Gasteiger partial charge on any atom is 0.170 e. The van der Waals surface area contributed by atoms with Crippen LogP contribution < -0.4 is 9.80 Å². The molecule has 0 aliphatic carbocycles. The highest BCUT2D eigenvalue weighted by atomic mass is 19.1. The van der Waals surface area contributed by atoms with Gasteiger partial charge in [-0.15, -0.1) is 0 Å². The van der Waals surface area contributed by atoms with Crippen LogP contribution in [-0.2, 0) is 12.8 Å². The molecule has 0 radical (unpaired) electrons. The average Bonchev–Trinajstić information content (AvgIpc) is 3.36. The van der Waals surface area contributed by atoms with Gasteiger partial charge in [0.05, 0.1) is 23.0 Å². The number of carbonyl (C=O) groups is 2. The summed E-state index contributed by atoms with van der Waals surface area (Å²) in [6.07, 6.45) is 2.20. The molecule has 0 aliphatic heterocycles. The van der Waals surface area contributed by atoms with Crippen LogP contribution in [-0.4, -0.2) is 49.5 Å². The molecule has 5 aromatic rings. The molecule has 40 heavy (non-hydrogen) atoms. The second-order valence-electron chi connectivity index (χ2n) is 10.3. The largest absolute Gasteiger partial charge is 0.378 e. The summed E-state index contributed by atoms with van der Waals surface area (Å²) in [5, 5.41) is 5.48. The number of hydrogen-bond donors (Lipinski definition) is 0. The van der Waals surface area contributed by atoms with E-state index in [9.17, 15) is 14.0 Å². The second-order valence-corrected chi connectivity index (χ2v) is 10.3. The van der Waals surface area contributed by atoms with Gasteiger partial charge in [0.1, 0.15) is 5.82 Å². The number of Topliss-reactive ketones (excluding diaryl/α,β-unsaturated/α-hetero) is 2. The van der Waals surface area contributed by atoms with Crippen molar-refractivity contribution in [3.05, 3.63) is 119 Å². The Morgan fingerprint density at radius 2 is 1.35 bits per heavy atom. The van der Waals surface area contributed by atoms with Crippen molar-refractivity contribution < 1.29 is 14.0 Å². The van der Waals surface area contributed by atoms with Gasteiger partial charge in [-0.05, 0) is 77.9 Å². The molecule has 6 nitrogen and oxygen atoms in total. The molecule has 0 atom stereocenters. The number of nitrogens with zero attached hydrogens (tertiary/aromatic N) is 4. The quantitative estimate of drug-likeness (QED) is 0.212. The summed E-state index contributed by atoms with van der Waals surface area (Å²) in [5.41, 5.74) is 6.01. The molecule has 7 heteroatoms. The van der Waals surface area contributed by atoms with Crippen LogP contribution in [0.3, 0.4) is 0 Å². The van der Waals surface area contributed by atoms with Gasteiger partial charge in [0, 0.05) is 63.4 Å². The van der Waals surface area contributed by atoms with Crippen molar-refractivity contribution in [2.45, 2.75) is 12.8 Å². The first-order chi connectivity index (χ1) is 19.2. The Morgan fingerprint density at radius 3 is 2.00 bits per heavy atom. The van der Waals surface area contributed by atoms with Gasteiger partial charge in [-0.2, -0.15) is 5.10 Å². The lowest BCUT2D eigenvalue weighted by Crippen LogP contribution is -2.11. The fraction of sp³-hybridized carbons (Fsp3) is 0.182. The van der Waals surface area contributed by atoms with E-state index >= 15 is 0 Å². The van der Waals surface area contributed by atoms with E-state index in [-0.39, 0.29) is 23.6 Å². The van der Waals surface area contributed by atoms with Crippen molar-refractivity contribution in [1.29, 1.82) is 0 Å². The first-order valence-corrected chi connectivity index (χ1v) is 13.1.